The Morgan fingerprint density at radius 1 is 1.05 bits per heavy atom. The summed E-state index contributed by atoms with van der Waals surface area (Å²) in [4.78, 5) is 11.2. The second-order valence-electron chi connectivity index (χ2n) is 10.8. The molecule has 208 valence electrons. The largest absolute Gasteiger partial charge is 0.487 e. The topological polar surface area (TPSA) is 80.5 Å². The second kappa shape index (κ2) is 10.6. The molecule has 3 aromatic carbocycles. The van der Waals surface area contributed by atoms with Crippen LogP contribution in [0.25, 0.3) is 22.2 Å². The lowest BCUT2D eigenvalue weighted by atomic mass is 9.83. The molecule has 2 fully saturated rings. The molecule has 41 heavy (non-hydrogen) atoms. The summed E-state index contributed by atoms with van der Waals surface area (Å²) >= 11 is 6.50. The first-order valence-corrected chi connectivity index (χ1v) is 15.1. The number of rotatable bonds is 8. The van der Waals surface area contributed by atoms with Gasteiger partial charge in [0.1, 0.15) is 41.8 Å². The maximum Gasteiger partial charge on any atom is 0.141 e. The van der Waals surface area contributed by atoms with E-state index < -0.39 is 10.8 Å². The molecule has 0 atom stereocenters. The molecule has 0 aliphatic carbocycles. The van der Waals surface area contributed by atoms with Gasteiger partial charge >= 0.3 is 0 Å². The molecule has 7 rings (SSSR count). The van der Waals surface area contributed by atoms with Gasteiger partial charge in [-0.25, -0.2) is 14.4 Å². The van der Waals surface area contributed by atoms with Crippen LogP contribution in [0.3, 0.4) is 0 Å². The highest BCUT2D eigenvalue weighted by Gasteiger charge is 2.51. The van der Waals surface area contributed by atoms with Crippen molar-refractivity contribution in [3.63, 3.8) is 0 Å². The highest BCUT2D eigenvalue weighted by atomic mass is 35.5. The van der Waals surface area contributed by atoms with E-state index in [1.165, 1.54) is 18.5 Å². The van der Waals surface area contributed by atoms with Gasteiger partial charge in [-0.15, -0.1) is 0 Å². The fourth-order valence-electron chi connectivity index (χ4n) is 5.61. The molecule has 2 aliphatic heterocycles. The Hall–Kier alpha value is -3.79. The molecule has 0 saturated carbocycles. The molecule has 4 heterocycles. The van der Waals surface area contributed by atoms with E-state index in [1.807, 2.05) is 36.4 Å². The Kier molecular flexibility index (Phi) is 6.73. The average molecular weight is 589 g/mol. The smallest absolute Gasteiger partial charge is 0.141 e. The minimum absolute atomic E-state index is 0.207. The van der Waals surface area contributed by atoms with Crippen molar-refractivity contribution in [1.29, 1.82) is 0 Å². The molecular formula is C31H26ClFN4O3S. The number of hydrogen-bond donors (Lipinski definition) is 1. The van der Waals surface area contributed by atoms with Gasteiger partial charge < -0.3 is 14.5 Å². The van der Waals surface area contributed by atoms with Gasteiger partial charge in [0.15, 0.2) is 0 Å². The fourth-order valence-corrected chi connectivity index (χ4v) is 7.49. The maximum absolute atomic E-state index is 13.5. The highest BCUT2D eigenvalue weighted by molar-refractivity contribution is 7.86. The van der Waals surface area contributed by atoms with Gasteiger partial charge in [-0.3, -0.25) is 9.11 Å². The number of furan rings is 1. The number of nitrogens with one attached hydrogen (secondary N) is 1. The Morgan fingerprint density at radius 2 is 1.93 bits per heavy atom. The van der Waals surface area contributed by atoms with E-state index in [9.17, 15) is 8.60 Å². The van der Waals surface area contributed by atoms with Crippen molar-refractivity contribution < 1.29 is 17.8 Å². The Labute approximate surface area is 243 Å². The van der Waals surface area contributed by atoms with Crippen molar-refractivity contribution in [3.8, 4) is 17.1 Å². The summed E-state index contributed by atoms with van der Waals surface area (Å²) in [6.07, 6.45) is 1.52. The molecule has 7 nitrogen and oxygen atoms in total. The van der Waals surface area contributed by atoms with Crippen LogP contribution in [0.2, 0.25) is 5.02 Å². The van der Waals surface area contributed by atoms with Gasteiger partial charge in [-0.1, -0.05) is 23.7 Å². The van der Waals surface area contributed by atoms with Crippen molar-refractivity contribution >= 4 is 44.8 Å². The third kappa shape index (κ3) is 5.45. The van der Waals surface area contributed by atoms with Crippen LogP contribution in [0.1, 0.15) is 11.3 Å². The van der Waals surface area contributed by atoms with Crippen LogP contribution in [0, 0.1) is 11.2 Å². The van der Waals surface area contributed by atoms with Gasteiger partial charge in [0.25, 0.3) is 0 Å². The molecule has 0 bridgehead atoms. The number of likely N-dealkylation sites (tertiary alicyclic amines) is 1. The van der Waals surface area contributed by atoms with Crippen molar-refractivity contribution in [2.75, 3.05) is 29.9 Å². The first kappa shape index (κ1) is 26.1. The number of halogens is 2. The number of hydrogen-bond acceptors (Lipinski definition) is 7. The van der Waals surface area contributed by atoms with E-state index in [-0.39, 0.29) is 17.8 Å². The van der Waals surface area contributed by atoms with Crippen LogP contribution in [-0.4, -0.2) is 43.7 Å². The van der Waals surface area contributed by atoms with Crippen LogP contribution >= 0.6 is 11.6 Å². The minimum Gasteiger partial charge on any atom is -0.487 e. The molecule has 2 saturated heterocycles. The zero-order valence-corrected chi connectivity index (χ0v) is 23.6. The Bertz CT molecular complexity index is 1780. The van der Waals surface area contributed by atoms with Crippen molar-refractivity contribution in [2.24, 2.45) is 5.41 Å². The zero-order chi connectivity index (χ0) is 28.0. The van der Waals surface area contributed by atoms with Crippen molar-refractivity contribution in [3.05, 3.63) is 101 Å². The lowest BCUT2D eigenvalue weighted by Gasteiger charge is -2.54. The third-order valence-electron chi connectivity index (χ3n) is 7.49. The fraction of sp³-hybridized carbons (Fsp3) is 0.226. The second-order valence-corrected chi connectivity index (χ2v) is 12.6. The van der Waals surface area contributed by atoms with Crippen LogP contribution in [0.15, 0.2) is 83.5 Å². The predicted molar refractivity (Wildman–Crippen MR) is 158 cm³/mol. The van der Waals surface area contributed by atoms with E-state index >= 15 is 0 Å². The summed E-state index contributed by atoms with van der Waals surface area (Å²) < 4.78 is 37.0. The monoisotopic (exact) mass is 588 g/mol. The molecule has 5 aromatic rings. The van der Waals surface area contributed by atoms with Crippen LogP contribution in [-0.2, 0) is 24.0 Å². The third-order valence-corrected chi connectivity index (χ3v) is 9.66. The molecule has 10 heteroatoms. The minimum atomic E-state index is -0.618. The van der Waals surface area contributed by atoms with Gasteiger partial charge in [-0.2, -0.15) is 0 Å². The van der Waals surface area contributed by atoms with Crippen LogP contribution in [0.5, 0.6) is 5.75 Å². The van der Waals surface area contributed by atoms with E-state index in [0.717, 1.165) is 70.4 Å². The summed E-state index contributed by atoms with van der Waals surface area (Å²) in [7, 11) is -0.618. The predicted octanol–water partition coefficient (Wildman–Crippen LogP) is 6.57. The number of ether oxygens (including phenoxy) is 1. The zero-order valence-electron chi connectivity index (χ0n) is 22.0. The van der Waals surface area contributed by atoms with Gasteiger partial charge in [-0.05, 0) is 66.2 Å². The molecular weight excluding hydrogens is 563 g/mol. The standard InChI is InChI=1S/C31H26ClFN4O3S/c32-26-12-23(5-8-29(26)39-14-20-2-1-3-22(33)10-20)36-30-25-11-21(4-7-27(25)34-19-35-30)28-9-6-24(40-28)13-37-15-31(16-37)17-41(38)18-31/h1-12,19H,13-18H2,(H,34,35,36). The van der Waals surface area contributed by atoms with E-state index in [1.54, 1.807) is 24.3 Å². The molecule has 1 N–H and O–H groups in total. The van der Waals surface area contributed by atoms with Crippen molar-refractivity contribution in [1.82, 2.24) is 14.9 Å². The molecule has 2 aliphatic rings. The number of fused-ring (bicyclic) bond motifs is 1. The van der Waals surface area contributed by atoms with E-state index in [4.69, 9.17) is 20.8 Å². The summed E-state index contributed by atoms with van der Waals surface area (Å²) in [6.45, 7) is 2.93. The Balaban J connectivity index is 1.05. The maximum atomic E-state index is 13.5. The molecule has 1 spiro atoms. The van der Waals surface area contributed by atoms with Gasteiger partial charge in [0.2, 0.25) is 0 Å². The average Bonchev–Trinajstić information content (AvgIpc) is 3.39. The van der Waals surface area contributed by atoms with Crippen LogP contribution < -0.4 is 10.1 Å². The molecule has 0 radical (unpaired) electrons. The lowest BCUT2D eigenvalue weighted by molar-refractivity contribution is 0.0157. The number of anilines is 2. The quantitative estimate of drug-likeness (QED) is 0.220. The molecule has 0 amide bonds. The number of nitrogens with zero attached hydrogens (tertiary/aromatic N) is 3. The lowest BCUT2D eigenvalue weighted by Crippen LogP contribution is -2.66. The van der Waals surface area contributed by atoms with E-state index in [2.05, 4.69) is 20.2 Å². The number of benzene rings is 3. The van der Waals surface area contributed by atoms with Crippen LogP contribution in [0.4, 0.5) is 15.9 Å². The van der Waals surface area contributed by atoms with Gasteiger partial charge in [0, 0.05) is 57.4 Å². The molecule has 0 unspecified atom stereocenters. The SMILES string of the molecule is O=S1CC2(CN(Cc3ccc(-c4ccc5ncnc(Nc6ccc(OCc7cccc(F)c7)c(Cl)c6)c5c4)o3)C2)C1. The van der Waals surface area contributed by atoms with Gasteiger partial charge in [0.05, 0.1) is 17.1 Å². The molecule has 2 aromatic heterocycles. The Morgan fingerprint density at radius 3 is 2.73 bits per heavy atom. The summed E-state index contributed by atoms with van der Waals surface area (Å²) in [6, 6.07) is 21.6. The summed E-state index contributed by atoms with van der Waals surface area (Å²) in [5.74, 6) is 4.19. The first-order valence-electron chi connectivity index (χ1n) is 13.3. The van der Waals surface area contributed by atoms with E-state index in [0.29, 0.717) is 16.6 Å². The number of aromatic nitrogens is 2. The summed E-state index contributed by atoms with van der Waals surface area (Å²) in [5.41, 5.74) is 3.46. The van der Waals surface area contributed by atoms with Crippen molar-refractivity contribution in [2.45, 2.75) is 13.2 Å². The first-order chi connectivity index (χ1) is 19.9. The normalized spacial score (nSPS) is 16.4. The summed E-state index contributed by atoms with van der Waals surface area (Å²) in [5, 5.41) is 4.61. The highest BCUT2D eigenvalue weighted by Crippen LogP contribution is 2.40.